The van der Waals surface area contributed by atoms with Crippen molar-refractivity contribution in [1.82, 2.24) is 0 Å². The van der Waals surface area contributed by atoms with Gasteiger partial charge in [-0.25, -0.2) is 4.21 Å². The predicted molar refractivity (Wildman–Crippen MR) is 107 cm³/mol. The van der Waals surface area contributed by atoms with Crippen LogP contribution in [0.1, 0.15) is 26.3 Å². The molecule has 3 heteroatoms. The molecule has 0 aromatic heterocycles. The standard InChI is InChI=1S/C22H22OS2/c1-22(2,3)17-13-15-19(16-14-17)25(23)21-12-8-7-11-20(21)24-18-9-5-4-6-10-18/h4-16H,1-3H3. The molecule has 0 amide bonds. The van der Waals surface area contributed by atoms with Gasteiger partial charge < -0.3 is 0 Å². The quantitative estimate of drug-likeness (QED) is 0.539. The molecule has 0 heterocycles. The summed E-state index contributed by atoms with van der Waals surface area (Å²) in [4.78, 5) is 3.89. The molecule has 0 spiro atoms. The third-order valence-electron chi connectivity index (χ3n) is 3.95. The summed E-state index contributed by atoms with van der Waals surface area (Å²) in [5.74, 6) is 0. The van der Waals surface area contributed by atoms with Gasteiger partial charge in [0.05, 0.1) is 15.7 Å². The molecule has 0 aliphatic carbocycles. The van der Waals surface area contributed by atoms with Gasteiger partial charge in [0.25, 0.3) is 0 Å². The van der Waals surface area contributed by atoms with Crippen molar-refractivity contribution in [2.45, 2.75) is 45.8 Å². The van der Waals surface area contributed by atoms with Crippen molar-refractivity contribution in [3.63, 3.8) is 0 Å². The molecule has 25 heavy (non-hydrogen) atoms. The molecule has 1 nitrogen and oxygen atoms in total. The first-order valence-electron chi connectivity index (χ1n) is 8.29. The molecule has 0 saturated carbocycles. The molecule has 1 atom stereocenters. The van der Waals surface area contributed by atoms with Gasteiger partial charge in [0.1, 0.15) is 0 Å². The van der Waals surface area contributed by atoms with Gasteiger partial charge in [0.15, 0.2) is 0 Å². The molecular formula is C22H22OS2. The SMILES string of the molecule is CC(C)(C)c1ccc(S(=O)c2ccccc2Sc2ccccc2)cc1. The van der Waals surface area contributed by atoms with E-state index in [2.05, 4.69) is 45.0 Å². The van der Waals surface area contributed by atoms with E-state index in [-0.39, 0.29) is 5.41 Å². The predicted octanol–water partition coefficient (Wildman–Crippen LogP) is 6.30. The van der Waals surface area contributed by atoms with Crippen molar-refractivity contribution in [3.05, 3.63) is 84.4 Å². The van der Waals surface area contributed by atoms with Crippen molar-refractivity contribution in [2.75, 3.05) is 0 Å². The van der Waals surface area contributed by atoms with Crippen LogP contribution in [0.4, 0.5) is 0 Å². The van der Waals surface area contributed by atoms with E-state index in [0.717, 1.165) is 19.6 Å². The normalized spacial score (nSPS) is 12.8. The zero-order chi connectivity index (χ0) is 17.9. The van der Waals surface area contributed by atoms with E-state index < -0.39 is 10.8 Å². The first-order valence-corrected chi connectivity index (χ1v) is 10.3. The van der Waals surface area contributed by atoms with Crippen LogP contribution in [-0.2, 0) is 16.2 Å². The maximum absolute atomic E-state index is 13.1. The lowest BCUT2D eigenvalue weighted by Crippen LogP contribution is -2.10. The van der Waals surface area contributed by atoms with Gasteiger partial charge in [-0.1, -0.05) is 75.0 Å². The van der Waals surface area contributed by atoms with Crippen LogP contribution in [0.5, 0.6) is 0 Å². The Morgan fingerprint density at radius 1 is 0.760 bits per heavy atom. The third kappa shape index (κ3) is 4.42. The summed E-state index contributed by atoms with van der Waals surface area (Å²) in [6.45, 7) is 6.56. The van der Waals surface area contributed by atoms with Crippen LogP contribution >= 0.6 is 11.8 Å². The van der Waals surface area contributed by atoms with Crippen molar-refractivity contribution >= 4 is 22.6 Å². The molecule has 1 unspecified atom stereocenters. The fourth-order valence-corrected chi connectivity index (χ4v) is 4.81. The Bertz CT molecular complexity index is 863. The maximum atomic E-state index is 13.1. The smallest absolute Gasteiger partial charge is 0.0861 e. The molecule has 0 aliphatic heterocycles. The molecule has 0 bridgehead atoms. The highest BCUT2D eigenvalue weighted by molar-refractivity contribution is 8.00. The third-order valence-corrected chi connectivity index (χ3v) is 6.62. The molecule has 0 N–H and O–H groups in total. The van der Waals surface area contributed by atoms with Gasteiger partial charge >= 0.3 is 0 Å². The summed E-state index contributed by atoms with van der Waals surface area (Å²) in [6.07, 6.45) is 0. The second-order valence-corrected chi connectivity index (χ2v) is 9.47. The van der Waals surface area contributed by atoms with Crippen molar-refractivity contribution in [2.24, 2.45) is 0 Å². The van der Waals surface area contributed by atoms with Crippen LogP contribution in [0.2, 0.25) is 0 Å². The molecule has 3 aromatic rings. The Morgan fingerprint density at radius 3 is 2.00 bits per heavy atom. The first kappa shape index (κ1) is 18.0. The lowest BCUT2D eigenvalue weighted by Gasteiger charge is -2.19. The van der Waals surface area contributed by atoms with Crippen LogP contribution in [0, 0.1) is 0 Å². The van der Waals surface area contributed by atoms with Gasteiger partial charge in [-0.3, -0.25) is 0 Å². The molecule has 3 aromatic carbocycles. The minimum absolute atomic E-state index is 0.0983. The van der Waals surface area contributed by atoms with Gasteiger partial charge in [0, 0.05) is 14.7 Å². The molecule has 3 rings (SSSR count). The van der Waals surface area contributed by atoms with E-state index in [1.165, 1.54) is 5.56 Å². The molecule has 0 aliphatic rings. The van der Waals surface area contributed by atoms with Gasteiger partial charge in [-0.15, -0.1) is 0 Å². The monoisotopic (exact) mass is 366 g/mol. The average molecular weight is 367 g/mol. The Hall–Kier alpha value is -1.84. The Morgan fingerprint density at radius 2 is 1.36 bits per heavy atom. The van der Waals surface area contributed by atoms with E-state index in [9.17, 15) is 4.21 Å². The minimum atomic E-state index is -1.19. The molecule has 128 valence electrons. The molecule has 0 radical (unpaired) electrons. The minimum Gasteiger partial charge on any atom is -0.249 e. The van der Waals surface area contributed by atoms with Crippen LogP contribution < -0.4 is 0 Å². The fraction of sp³-hybridized carbons (Fsp3) is 0.182. The highest BCUT2D eigenvalue weighted by Gasteiger charge is 2.16. The highest BCUT2D eigenvalue weighted by atomic mass is 32.2. The summed E-state index contributed by atoms with van der Waals surface area (Å²) in [5, 5.41) is 0. The van der Waals surface area contributed by atoms with Gasteiger partial charge in [0.2, 0.25) is 0 Å². The van der Waals surface area contributed by atoms with E-state index in [1.54, 1.807) is 11.8 Å². The topological polar surface area (TPSA) is 17.1 Å². The summed E-state index contributed by atoms with van der Waals surface area (Å²) >= 11 is 1.65. The molecule has 0 fully saturated rings. The average Bonchev–Trinajstić information content (AvgIpc) is 2.62. The Kier molecular flexibility index (Phi) is 5.45. The summed E-state index contributed by atoms with van der Waals surface area (Å²) < 4.78 is 13.1. The van der Waals surface area contributed by atoms with Gasteiger partial charge in [-0.2, -0.15) is 0 Å². The van der Waals surface area contributed by atoms with E-state index in [0.29, 0.717) is 0 Å². The number of hydrogen-bond donors (Lipinski definition) is 0. The largest absolute Gasteiger partial charge is 0.249 e. The number of hydrogen-bond acceptors (Lipinski definition) is 2. The van der Waals surface area contributed by atoms with Crippen LogP contribution in [0.3, 0.4) is 0 Å². The van der Waals surface area contributed by atoms with Gasteiger partial charge in [-0.05, 0) is 47.4 Å². The maximum Gasteiger partial charge on any atom is 0.0861 e. The fourth-order valence-electron chi connectivity index (χ4n) is 2.51. The summed E-state index contributed by atoms with van der Waals surface area (Å²) in [5.41, 5.74) is 1.35. The zero-order valence-corrected chi connectivity index (χ0v) is 16.4. The van der Waals surface area contributed by atoms with Crippen molar-refractivity contribution in [1.29, 1.82) is 0 Å². The Balaban J connectivity index is 1.90. The van der Waals surface area contributed by atoms with E-state index >= 15 is 0 Å². The lowest BCUT2D eigenvalue weighted by molar-refractivity contribution is 0.589. The van der Waals surface area contributed by atoms with Crippen LogP contribution in [0.25, 0.3) is 0 Å². The lowest BCUT2D eigenvalue weighted by atomic mass is 9.87. The second-order valence-electron chi connectivity index (χ2n) is 6.90. The number of rotatable bonds is 4. The second kappa shape index (κ2) is 7.59. The summed E-state index contributed by atoms with van der Waals surface area (Å²) in [7, 11) is -1.19. The Labute approximate surface area is 157 Å². The number of benzene rings is 3. The van der Waals surface area contributed by atoms with Crippen LogP contribution in [-0.4, -0.2) is 4.21 Å². The highest BCUT2D eigenvalue weighted by Crippen LogP contribution is 2.34. The molecule has 0 saturated heterocycles. The van der Waals surface area contributed by atoms with Crippen molar-refractivity contribution < 1.29 is 4.21 Å². The molecular weight excluding hydrogens is 344 g/mol. The zero-order valence-electron chi connectivity index (χ0n) is 14.7. The van der Waals surface area contributed by atoms with Crippen molar-refractivity contribution in [3.8, 4) is 0 Å². The first-order chi connectivity index (χ1) is 11.9. The summed E-state index contributed by atoms with van der Waals surface area (Å²) in [6, 6.07) is 26.3. The van der Waals surface area contributed by atoms with E-state index in [4.69, 9.17) is 0 Å². The van der Waals surface area contributed by atoms with Crippen LogP contribution in [0.15, 0.2) is 98.4 Å². The van der Waals surface area contributed by atoms with E-state index in [1.807, 2.05) is 54.6 Å².